The van der Waals surface area contributed by atoms with Crippen LogP contribution in [0.15, 0.2) is 35.5 Å². The molecule has 0 spiro atoms. The Hall–Kier alpha value is -1.22. The van der Waals surface area contributed by atoms with Crippen LogP contribution < -0.4 is 10.6 Å². The molecule has 0 aliphatic heterocycles. The monoisotopic (exact) mass is 434 g/mol. The lowest BCUT2D eigenvalue weighted by molar-refractivity contribution is 0.627. The van der Waals surface area contributed by atoms with E-state index < -0.39 is 0 Å². The fourth-order valence-corrected chi connectivity index (χ4v) is 2.47. The molecular formula is C15H20FIN4S. The van der Waals surface area contributed by atoms with Crippen LogP contribution in [0.3, 0.4) is 0 Å². The largest absolute Gasteiger partial charge is 0.357 e. The van der Waals surface area contributed by atoms with E-state index in [1.54, 1.807) is 23.5 Å². The van der Waals surface area contributed by atoms with Crippen LogP contribution >= 0.6 is 35.3 Å². The third-order valence-corrected chi connectivity index (χ3v) is 3.67. The first kappa shape index (κ1) is 18.8. The SMILES string of the molecule is CCNC(=NCc1ccc(F)cc1)NCc1ncc(C)s1.I. The maximum atomic E-state index is 12.9. The normalized spacial score (nSPS) is 11.0. The van der Waals surface area contributed by atoms with Crippen molar-refractivity contribution < 1.29 is 4.39 Å². The molecule has 2 rings (SSSR count). The fourth-order valence-electron chi connectivity index (χ4n) is 1.74. The Morgan fingerprint density at radius 3 is 2.59 bits per heavy atom. The summed E-state index contributed by atoms with van der Waals surface area (Å²) in [5, 5.41) is 7.46. The molecule has 7 heteroatoms. The molecule has 1 aromatic heterocycles. The van der Waals surface area contributed by atoms with Gasteiger partial charge < -0.3 is 10.6 Å². The van der Waals surface area contributed by atoms with E-state index in [0.717, 1.165) is 23.1 Å². The number of thiazole rings is 1. The summed E-state index contributed by atoms with van der Waals surface area (Å²) in [4.78, 5) is 9.99. The number of hydrogen-bond donors (Lipinski definition) is 2. The fraction of sp³-hybridized carbons (Fsp3) is 0.333. The molecule has 0 bridgehead atoms. The van der Waals surface area contributed by atoms with Gasteiger partial charge in [0.1, 0.15) is 10.8 Å². The van der Waals surface area contributed by atoms with Crippen molar-refractivity contribution >= 4 is 41.3 Å². The van der Waals surface area contributed by atoms with E-state index in [1.807, 2.05) is 20.0 Å². The van der Waals surface area contributed by atoms with Crippen molar-refractivity contribution in [3.05, 3.63) is 51.7 Å². The highest BCUT2D eigenvalue weighted by atomic mass is 127. The minimum absolute atomic E-state index is 0. The minimum atomic E-state index is -0.230. The van der Waals surface area contributed by atoms with Crippen molar-refractivity contribution in [3.63, 3.8) is 0 Å². The molecule has 0 atom stereocenters. The Morgan fingerprint density at radius 1 is 1.27 bits per heavy atom. The lowest BCUT2D eigenvalue weighted by Gasteiger charge is -2.10. The summed E-state index contributed by atoms with van der Waals surface area (Å²) < 4.78 is 12.9. The molecule has 1 heterocycles. The van der Waals surface area contributed by atoms with Crippen molar-refractivity contribution in [2.24, 2.45) is 4.99 Å². The maximum absolute atomic E-state index is 12.9. The van der Waals surface area contributed by atoms with Crippen LogP contribution in [0.4, 0.5) is 4.39 Å². The highest BCUT2D eigenvalue weighted by Crippen LogP contribution is 2.10. The number of halogens is 2. The second kappa shape index (κ2) is 9.73. The second-order valence-corrected chi connectivity index (χ2v) is 5.86. The molecule has 2 aromatic rings. The standard InChI is InChI=1S/C15H19FN4S.HI/c1-3-17-15(20-10-14-18-8-11(2)21-14)19-9-12-4-6-13(16)7-5-12;/h4-8H,3,9-10H2,1-2H3,(H2,17,19,20);1H. The van der Waals surface area contributed by atoms with Crippen molar-refractivity contribution in [2.45, 2.75) is 26.9 Å². The molecule has 120 valence electrons. The van der Waals surface area contributed by atoms with Crippen LogP contribution in [0, 0.1) is 12.7 Å². The summed E-state index contributed by atoms with van der Waals surface area (Å²) in [7, 11) is 0. The van der Waals surface area contributed by atoms with Gasteiger partial charge in [-0.25, -0.2) is 14.4 Å². The number of hydrogen-bond acceptors (Lipinski definition) is 3. The van der Waals surface area contributed by atoms with E-state index in [1.165, 1.54) is 17.0 Å². The molecule has 0 saturated carbocycles. The molecule has 0 fully saturated rings. The summed E-state index contributed by atoms with van der Waals surface area (Å²) >= 11 is 1.67. The van der Waals surface area contributed by atoms with E-state index in [4.69, 9.17) is 0 Å². The zero-order chi connectivity index (χ0) is 15.1. The summed E-state index contributed by atoms with van der Waals surface area (Å²) in [5.41, 5.74) is 0.971. The number of benzene rings is 1. The van der Waals surface area contributed by atoms with Gasteiger partial charge >= 0.3 is 0 Å². The van der Waals surface area contributed by atoms with Gasteiger partial charge in [-0.05, 0) is 31.5 Å². The maximum Gasteiger partial charge on any atom is 0.191 e. The number of aliphatic imine (C=N–C) groups is 1. The third kappa shape index (κ3) is 6.27. The highest BCUT2D eigenvalue weighted by molar-refractivity contribution is 14.0. The Labute approximate surface area is 151 Å². The number of guanidine groups is 1. The van der Waals surface area contributed by atoms with Crippen LogP contribution in [0.1, 0.15) is 22.4 Å². The molecule has 0 aliphatic carbocycles. The second-order valence-electron chi connectivity index (χ2n) is 4.54. The Balaban J connectivity index is 0.00000242. The van der Waals surface area contributed by atoms with E-state index in [-0.39, 0.29) is 29.8 Å². The molecule has 22 heavy (non-hydrogen) atoms. The first-order chi connectivity index (χ1) is 10.2. The summed E-state index contributed by atoms with van der Waals surface area (Å²) in [6, 6.07) is 6.38. The molecule has 0 radical (unpaired) electrons. The molecule has 1 aromatic carbocycles. The quantitative estimate of drug-likeness (QED) is 0.431. The predicted octanol–water partition coefficient (Wildman–Crippen LogP) is 3.46. The molecular weight excluding hydrogens is 414 g/mol. The van der Waals surface area contributed by atoms with Crippen LogP contribution in [-0.4, -0.2) is 17.5 Å². The third-order valence-electron chi connectivity index (χ3n) is 2.75. The van der Waals surface area contributed by atoms with Crippen molar-refractivity contribution in [1.82, 2.24) is 15.6 Å². The first-order valence-electron chi connectivity index (χ1n) is 6.85. The highest BCUT2D eigenvalue weighted by Gasteiger charge is 2.01. The molecule has 0 unspecified atom stereocenters. The van der Waals surface area contributed by atoms with E-state index in [0.29, 0.717) is 13.1 Å². The smallest absolute Gasteiger partial charge is 0.191 e. The van der Waals surface area contributed by atoms with Crippen molar-refractivity contribution in [3.8, 4) is 0 Å². The number of nitrogens with zero attached hydrogens (tertiary/aromatic N) is 2. The average Bonchev–Trinajstić information content (AvgIpc) is 2.89. The van der Waals surface area contributed by atoms with Gasteiger partial charge in [-0.15, -0.1) is 35.3 Å². The van der Waals surface area contributed by atoms with Gasteiger partial charge in [0.15, 0.2) is 5.96 Å². The molecule has 2 N–H and O–H groups in total. The first-order valence-corrected chi connectivity index (χ1v) is 7.67. The summed E-state index contributed by atoms with van der Waals surface area (Å²) in [5.74, 6) is 0.501. The van der Waals surface area contributed by atoms with Gasteiger partial charge in [0.05, 0.1) is 13.1 Å². The predicted molar refractivity (Wildman–Crippen MR) is 100 cm³/mol. The lowest BCUT2D eigenvalue weighted by Crippen LogP contribution is -2.36. The van der Waals surface area contributed by atoms with Crippen LogP contribution in [0.2, 0.25) is 0 Å². The average molecular weight is 434 g/mol. The number of aryl methyl sites for hydroxylation is 1. The number of aromatic nitrogens is 1. The van der Waals surface area contributed by atoms with E-state index in [2.05, 4.69) is 20.6 Å². The van der Waals surface area contributed by atoms with Crippen molar-refractivity contribution in [2.75, 3.05) is 6.54 Å². The molecule has 0 aliphatic rings. The number of nitrogens with one attached hydrogen (secondary N) is 2. The van der Waals surface area contributed by atoms with Crippen LogP contribution in [0.5, 0.6) is 0 Å². The number of rotatable bonds is 5. The Morgan fingerprint density at radius 2 is 2.00 bits per heavy atom. The lowest BCUT2D eigenvalue weighted by atomic mass is 10.2. The molecule has 0 saturated heterocycles. The Bertz CT molecular complexity index is 598. The summed E-state index contributed by atoms with van der Waals surface area (Å²) in [6.07, 6.45) is 1.87. The van der Waals surface area contributed by atoms with Crippen LogP contribution in [-0.2, 0) is 13.1 Å². The van der Waals surface area contributed by atoms with Crippen molar-refractivity contribution in [1.29, 1.82) is 0 Å². The molecule has 0 amide bonds. The van der Waals surface area contributed by atoms with Gasteiger partial charge in [0, 0.05) is 17.6 Å². The zero-order valence-corrected chi connectivity index (χ0v) is 15.7. The Kier molecular flexibility index (Phi) is 8.32. The molecule has 4 nitrogen and oxygen atoms in total. The van der Waals surface area contributed by atoms with E-state index in [9.17, 15) is 4.39 Å². The van der Waals surface area contributed by atoms with Gasteiger partial charge in [0.25, 0.3) is 0 Å². The van der Waals surface area contributed by atoms with Gasteiger partial charge in [0.2, 0.25) is 0 Å². The van der Waals surface area contributed by atoms with E-state index >= 15 is 0 Å². The minimum Gasteiger partial charge on any atom is -0.357 e. The van der Waals surface area contributed by atoms with Gasteiger partial charge in [-0.1, -0.05) is 12.1 Å². The summed E-state index contributed by atoms with van der Waals surface area (Å²) in [6.45, 7) is 5.99. The zero-order valence-electron chi connectivity index (χ0n) is 12.6. The van der Waals surface area contributed by atoms with Gasteiger partial charge in [-0.2, -0.15) is 0 Å². The van der Waals surface area contributed by atoms with Gasteiger partial charge in [-0.3, -0.25) is 0 Å². The topological polar surface area (TPSA) is 49.3 Å². The van der Waals surface area contributed by atoms with Crippen LogP contribution in [0.25, 0.3) is 0 Å².